The average molecular weight is 588 g/mol. The van der Waals surface area contributed by atoms with E-state index in [-0.39, 0.29) is 0 Å². The van der Waals surface area contributed by atoms with Crippen LogP contribution in [0.15, 0.2) is 127 Å². The Morgan fingerprint density at radius 1 is 0.581 bits per heavy atom. The van der Waals surface area contributed by atoms with Crippen LogP contribution in [0, 0.1) is 6.92 Å². The highest BCUT2D eigenvalue weighted by atomic mass is 35.5. The Morgan fingerprint density at radius 2 is 1.21 bits per heavy atom. The van der Waals surface area contributed by atoms with E-state index >= 15 is 0 Å². The van der Waals surface area contributed by atoms with Gasteiger partial charge in [-0.3, -0.25) is 0 Å². The lowest BCUT2D eigenvalue weighted by molar-refractivity contribution is 0.306. The molecule has 216 valence electrons. The molecule has 0 saturated heterocycles. The van der Waals surface area contributed by atoms with Gasteiger partial charge in [0.15, 0.2) is 0 Å². The van der Waals surface area contributed by atoms with Crippen LogP contribution in [0.1, 0.15) is 22.3 Å². The third-order valence-electron chi connectivity index (χ3n) is 7.50. The zero-order valence-electron chi connectivity index (χ0n) is 24.2. The van der Waals surface area contributed by atoms with E-state index in [4.69, 9.17) is 25.8 Å². The first-order valence-electron chi connectivity index (χ1n) is 14.5. The Hall–Kier alpha value is -4.67. The summed E-state index contributed by atoms with van der Waals surface area (Å²) in [5, 5.41) is 1.17. The van der Waals surface area contributed by atoms with Gasteiger partial charge in [-0.25, -0.2) is 0 Å². The van der Waals surface area contributed by atoms with Gasteiger partial charge in [0.25, 0.3) is 0 Å². The van der Waals surface area contributed by atoms with Crippen LogP contribution in [0.5, 0.6) is 17.2 Å². The van der Waals surface area contributed by atoms with E-state index in [0.29, 0.717) is 32.2 Å². The van der Waals surface area contributed by atoms with E-state index in [2.05, 4.69) is 84.3 Å². The van der Waals surface area contributed by atoms with Gasteiger partial charge in [-0.05, 0) is 71.6 Å². The molecule has 6 rings (SSSR count). The zero-order valence-corrected chi connectivity index (χ0v) is 25.0. The van der Waals surface area contributed by atoms with Gasteiger partial charge in [-0.1, -0.05) is 84.9 Å². The molecule has 0 unspecified atom stereocenters. The Morgan fingerprint density at radius 3 is 1.86 bits per heavy atom. The molecular formula is C38H34ClNO3. The molecule has 0 aliphatic heterocycles. The van der Waals surface area contributed by atoms with Crippen molar-refractivity contribution < 1.29 is 14.2 Å². The molecule has 0 amide bonds. The van der Waals surface area contributed by atoms with E-state index in [0.717, 1.165) is 45.1 Å². The Labute approximate surface area is 258 Å². The number of hydrogen-bond donors (Lipinski definition) is 0. The first-order chi connectivity index (χ1) is 21.2. The Bertz CT molecular complexity index is 1780. The number of nitrogens with zero attached hydrogens (tertiary/aromatic N) is 1. The number of aromatic nitrogens is 1. The van der Waals surface area contributed by atoms with Gasteiger partial charge >= 0.3 is 0 Å². The number of fused-ring (bicyclic) bond motifs is 1. The smallest absolute Gasteiger partial charge is 0.120 e. The third kappa shape index (κ3) is 6.87. The quantitative estimate of drug-likeness (QED) is 0.134. The summed E-state index contributed by atoms with van der Waals surface area (Å²) >= 11 is 5.80. The van der Waals surface area contributed by atoms with Gasteiger partial charge in [0.1, 0.15) is 37.1 Å². The number of aryl methyl sites for hydroxylation is 1. The molecule has 0 fully saturated rings. The van der Waals surface area contributed by atoms with Crippen LogP contribution in [0.4, 0.5) is 0 Å². The van der Waals surface area contributed by atoms with E-state index < -0.39 is 0 Å². The summed E-state index contributed by atoms with van der Waals surface area (Å²) in [6.07, 6.45) is 0. The molecule has 0 bridgehead atoms. The largest absolute Gasteiger partial charge is 0.492 e. The minimum absolute atomic E-state index is 0.463. The number of rotatable bonds is 12. The predicted octanol–water partition coefficient (Wildman–Crippen LogP) is 9.44. The van der Waals surface area contributed by atoms with Crippen LogP contribution in [-0.2, 0) is 19.8 Å². The third-order valence-corrected chi connectivity index (χ3v) is 7.66. The summed E-state index contributed by atoms with van der Waals surface area (Å²) in [4.78, 5) is 0. The minimum Gasteiger partial charge on any atom is -0.492 e. The second-order valence-electron chi connectivity index (χ2n) is 10.5. The Kier molecular flexibility index (Phi) is 8.96. The number of benzene rings is 5. The van der Waals surface area contributed by atoms with Crippen molar-refractivity contribution in [1.29, 1.82) is 0 Å². The molecule has 0 N–H and O–H groups in total. The number of hydrogen-bond acceptors (Lipinski definition) is 3. The summed E-state index contributed by atoms with van der Waals surface area (Å²) in [6.45, 7) is 4.43. The molecule has 0 saturated carbocycles. The average Bonchev–Trinajstić information content (AvgIpc) is 3.33. The standard InChI is InChI=1S/C38H34ClNO3/c1-28-36-24-35(43-27-31-11-6-3-7-12-31)19-20-37(36)40(25-29-15-17-33(18-16-29)41-22-21-39)38(28)32-13-8-14-34(23-32)42-26-30-9-4-2-5-10-30/h2-20,23-24H,21-22,25-27H2,1H3. The van der Waals surface area contributed by atoms with Crippen LogP contribution < -0.4 is 14.2 Å². The van der Waals surface area contributed by atoms with E-state index in [1.54, 1.807) is 0 Å². The predicted molar refractivity (Wildman–Crippen MR) is 175 cm³/mol. The van der Waals surface area contributed by atoms with Gasteiger partial charge in [0.05, 0.1) is 11.6 Å². The summed E-state index contributed by atoms with van der Waals surface area (Å²) < 4.78 is 20.5. The van der Waals surface area contributed by atoms with Crippen molar-refractivity contribution >= 4 is 22.5 Å². The fourth-order valence-electron chi connectivity index (χ4n) is 5.37. The summed E-state index contributed by atoms with van der Waals surface area (Å²) in [7, 11) is 0. The van der Waals surface area contributed by atoms with Gasteiger partial charge < -0.3 is 18.8 Å². The molecule has 5 aromatic carbocycles. The SMILES string of the molecule is Cc1c(-c2cccc(OCc3ccccc3)c2)n(Cc2ccc(OCCCl)cc2)c2ccc(OCc3ccccc3)cc12. The fraction of sp³-hybridized carbons (Fsp3) is 0.158. The first-order valence-corrected chi connectivity index (χ1v) is 15.1. The maximum atomic E-state index is 6.21. The van der Waals surface area contributed by atoms with Crippen molar-refractivity contribution in [2.45, 2.75) is 26.7 Å². The molecule has 1 heterocycles. The maximum Gasteiger partial charge on any atom is 0.120 e. The molecule has 1 aromatic heterocycles. The zero-order chi connectivity index (χ0) is 29.4. The lowest BCUT2D eigenvalue weighted by Crippen LogP contribution is -2.03. The number of halogens is 1. The molecule has 4 nitrogen and oxygen atoms in total. The van der Waals surface area contributed by atoms with Crippen LogP contribution >= 0.6 is 11.6 Å². The summed E-state index contributed by atoms with van der Waals surface area (Å²) in [5.74, 6) is 2.97. The lowest BCUT2D eigenvalue weighted by Gasteiger charge is -2.14. The monoisotopic (exact) mass is 587 g/mol. The van der Waals surface area contributed by atoms with Crippen LogP contribution in [-0.4, -0.2) is 17.1 Å². The van der Waals surface area contributed by atoms with Crippen molar-refractivity contribution in [3.05, 3.63) is 150 Å². The molecule has 0 atom stereocenters. The molecule has 0 aliphatic rings. The first kappa shape index (κ1) is 28.4. The minimum atomic E-state index is 0.463. The van der Waals surface area contributed by atoms with Crippen molar-refractivity contribution in [3.63, 3.8) is 0 Å². The van der Waals surface area contributed by atoms with E-state index in [9.17, 15) is 0 Å². The van der Waals surface area contributed by atoms with E-state index in [1.807, 2.05) is 54.6 Å². The highest BCUT2D eigenvalue weighted by molar-refractivity contribution is 6.18. The van der Waals surface area contributed by atoms with Crippen LogP contribution in [0.2, 0.25) is 0 Å². The van der Waals surface area contributed by atoms with Crippen molar-refractivity contribution in [3.8, 4) is 28.5 Å². The second kappa shape index (κ2) is 13.5. The van der Waals surface area contributed by atoms with Crippen molar-refractivity contribution in [1.82, 2.24) is 4.57 Å². The van der Waals surface area contributed by atoms with Gasteiger partial charge in [0, 0.05) is 23.0 Å². The molecule has 5 heteroatoms. The summed E-state index contributed by atoms with van der Waals surface area (Å²) in [6, 6.07) is 43.5. The molecule has 0 radical (unpaired) electrons. The van der Waals surface area contributed by atoms with Gasteiger partial charge in [-0.15, -0.1) is 11.6 Å². The number of alkyl halides is 1. The number of ether oxygens (including phenoxy) is 3. The highest BCUT2D eigenvalue weighted by Gasteiger charge is 2.18. The van der Waals surface area contributed by atoms with Gasteiger partial charge in [0.2, 0.25) is 0 Å². The van der Waals surface area contributed by atoms with E-state index in [1.165, 1.54) is 16.5 Å². The molecule has 6 aromatic rings. The fourth-order valence-corrected chi connectivity index (χ4v) is 5.45. The molecule has 0 aliphatic carbocycles. The van der Waals surface area contributed by atoms with Crippen molar-refractivity contribution in [2.24, 2.45) is 0 Å². The molecule has 0 spiro atoms. The highest BCUT2D eigenvalue weighted by Crippen LogP contribution is 2.37. The normalized spacial score (nSPS) is 11.0. The van der Waals surface area contributed by atoms with Crippen molar-refractivity contribution in [2.75, 3.05) is 12.5 Å². The van der Waals surface area contributed by atoms with Crippen LogP contribution in [0.25, 0.3) is 22.2 Å². The molecule has 43 heavy (non-hydrogen) atoms. The summed E-state index contributed by atoms with van der Waals surface area (Å²) in [5.41, 5.74) is 8.07. The Balaban J connectivity index is 1.35. The maximum absolute atomic E-state index is 6.21. The molecular weight excluding hydrogens is 554 g/mol. The van der Waals surface area contributed by atoms with Crippen LogP contribution in [0.3, 0.4) is 0 Å². The topological polar surface area (TPSA) is 32.6 Å². The lowest BCUT2D eigenvalue weighted by atomic mass is 10.1. The second-order valence-corrected chi connectivity index (χ2v) is 10.9. The van der Waals surface area contributed by atoms with Gasteiger partial charge in [-0.2, -0.15) is 0 Å².